The van der Waals surface area contributed by atoms with E-state index in [1.165, 1.54) is 6.08 Å². The molecule has 0 fully saturated rings. The predicted octanol–water partition coefficient (Wildman–Crippen LogP) is 4.19. The van der Waals surface area contributed by atoms with Crippen LogP contribution in [0, 0.1) is 0 Å². The summed E-state index contributed by atoms with van der Waals surface area (Å²) in [5.41, 5.74) is 1.30. The largest absolute Gasteiger partial charge is 0.452 e. The van der Waals surface area contributed by atoms with Crippen LogP contribution in [0.5, 0.6) is 0 Å². The highest BCUT2D eigenvalue weighted by atomic mass is 35.5. The molecule has 1 N–H and O–H groups in total. The molecule has 2 aromatic rings. The number of rotatable bonds is 5. The average Bonchev–Trinajstić information content (AvgIpc) is 2.51. The Hall–Kier alpha value is -2.30. The summed E-state index contributed by atoms with van der Waals surface area (Å²) in [6.07, 6.45) is 2.87. The summed E-state index contributed by atoms with van der Waals surface area (Å²) in [5.74, 6) is -1.09. The first-order valence-corrected chi connectivity index (χ1v) is 7.44. The van der Waals surface area contributed by atoms with Crippen molar-refractivity contribution in [2.45, 2.75) is 0 Å². The van der Waals surface area contributed by atoms with Crippen LogP contribution in [0.4, 0.5) is 5.69 Å². The Balaban J connectivity index is 1.82. The number of amides is 1. The van der Waals surface area contributed by atoms with Crippen LogP contribution in [-0.2, 0) is 14.3 Å². The number of benzene rings is 2. The Labute approximate surface area is 143 Å². The van der Waals surface area contributed by atoms with Gasteiger partial charge in [-0.05, 0) is 29.8 Å². The van der Waals surface area contributed by atoms with Gasteiger partial charge in [-0.2, -0.15) is 0 Å². The molecule has 0 bridgehead atoms. The molecular formula is C17H13Cl2NO3. The molecule has 0 unspecified atom stereocenters. The van der Waals surface area contributed by atoms with Gasteiger partial charge in [0, 0.05) is 21.8 Å². The third-order valence-corrected chi connectivity index (χ3v) is 3.14. The van der Waals surface area contributed by atoms with Crippen LogP contribution in [0.3, 0.4) is 0 Å². The van der Waals surface area contributed by atoms with E-state index in [0.29, 0.717) is 15.7 Å². The molecule has 0 aliphatic carbocycles. The lowest BCUT2D eigenvalue weighted by molar-refractivity contribution is -0.142. The molecule has 2 aromatic carbocycles. The molecule has 1 amide bonds. The highest BCUT2D eigenvalue weighted by Gasteiger charge is 2.07. The summed E-state index contributed by atoms with van der Waals surface area (Å²) >= 11 is 11.7. The molecule has 0 spiro atoms. The van der Waals surface area contributed by atoms with Crippen molar-refractivity contribution in [1.29, 1.82) is 0 Å². The smallest absolute Gasteiger partial charge is 0.331 e. The van der Waals surface area contributed by atoms with E-state index in [1.54, 1.807) is 24.3 Å². The summed E-state index contributed by atoms with van der Waals surface area (Å²) in [4.78, 5) is 23.3. The minimum atomic E-state index is -0.604. The van der Waals surface area contributed by atoms with Crippen LogP contribution >= 0.6 is 23.2 Å². The Bertz CT molecular complexity index is 710. The number of carbonyl (C=O) groups excluding carboxylic acids is 2. The first kappa shape index (κ1) is 17.1. The SMILES string of the molecule is O=C(COC(=O)/C=C/c1ccccc1)Nc1cc(Cl)cc(Cl)c1. The van der Waals surface area contributed by atoms with Crippen LogP contribution in [0.25, 0.3) is 6.08 Å². The van der Waals surface area contributed by atoms with Gasteiger partial charge in [-0.3, -0.25) is 4.79 Å². The number of nitrogens with one attached hydrogen (secondary N) is 1. The number of anilines is 1. The molecule has 0 aromatic heterocycles. The summed E-state index contributed by atoms with van der Waals surface area (Å²) < 4.78 is 4.85. The van der Waals surface area contributed by atoms with Crippen molar-refractivity contribution >= 4 is 46.8 Å². The highest BCUT2D eigenvalue weighted by molar-refractivity contribution is 6.35. The fraction of sp³-hybridized carbons (Fsp3) is 0.0588. The van der Waals surface area contributed by atoms with Gasteiger partial charge in [0.15, 0.2) is 6.61 Å². The minimum Gasteiger partial charge on any atom is -0.452 e. The zero-order chi connectivity index (χ0) is 16.7. The van der Waals surface area contributed by atoms with E-state index >= 15 is 0 Å². The van der Waals surface area contributed by atoms with Crippen molar-refractivity contribution in [3.8, 4) is 0 Å². The number of esters is 1. The topological polar surface area (TPSA) is 55.4 Å². The molecule has 0 saturated carbocycles. The van der Waals surface area contributed by atoms with E-state index in [2.05, 4.69) is 5.32 Å². The van der Waals surface area contributed by atoms with Gasteiger partial charge in [-0.15, -0.1) is 0 Å². The second-order valence-electron chi connectivity index (χ2n) is 4.56. The van der Waals surface area contributed by atoms with E-state index in [0.717, 1.165) is 5.56 Å². The van der Waals surface area contributed by atoms with Gasteiger partial charge in [-0.25, -0.2) is 4.79 Å². The molecule has 4 nitrogen and oxygen atoms in total. The van der Waals surface area contributed by atoms with Crippen LogP contribution in [0.1, 0.15) is 5.56 Å². The third kappa shape index (κ3) is 6.14. The predicted molar refractivity (Wildman–Crippen MR) is 91.5 cm³/mol. The van der Waals surface area contributed by atoms with Crippen molar-refractivity contribution in [3.63, 3.8) is 0 Å². The third-order valence-electron chi connectivity index (χ3n) is 2.70. The van der Waals surface area contributed by atoms with Crippen LogP contribution in [0.15, 0.2) is 54.6 Å². The maximum absolute atomic E-state index is 11.7. The van der Waals surface area contributed by atoms with Gasteiger partial charge < -0.3 is 10.1 Å². The average molecular weight is 350 g/mol. The van der Waals surface area contributed by atoms with Gasteiger partial charge in [0.2, 0.25) is 0 Å². The second kappa shape index (κ2) is 8.36. The molecule has 118 valence electrons. The number of halogens is 2. The van der Waals surface area contributed by atoms with Gasteiger partial charge in [0.05, 0.1) is 0 Å². The number of carbonyl (C=O) groups is 2. The monoisotopic (exact) mass is 349 g/mol. The maximum atomic E-state index is 11.7. The van der Waals surface area contributed by atoms with E-state index in [4.69, 9.17) is 27.9 Å². The Morgan fingerprint density at radius 2 is 1.70 bits per heavy atom. The maximum Gasteiger partial charge on any atom is 0.331 e. The Morgan fingerprint density at radius 1 is 1.04 bits per heavy atom. The summed E-state index contributed by atoms with van der Waals surface area (Å²) in [6, 6.07) is 13.9. The molecule has 0 atom stereocenters. The van der Waals surface area contributed by atoms with Crippen molar-refractivity contribution < 1.29 is 14.3 Å². The second-order valence-corrected chi connectivity index (χ2v) is 5.43. The molecule has 2 rings (SSSR count). The van der Waals surface area contributed by atoms with Gasteiger partial charge in [-0.1, -0.05) is 53.5 Å². The van der Waals surface area contributed by atoms with Gasteiger partial charge in [0.1, 0.15) is 0 Å². The molecule has 0 aliphatic rings. The zero-order valence-corrected chi connectivity index (χ0v) is 13.5. The fourth-order valence-electron chi connectivity index (χ4n) is 1.74. The fourth-order valence-corrected chi connectivity index (χ4v) is 2.26. The van der Waals surface area contributed by atoms with Crippen molar-refractivity contribution in [2.75, 3.05) is 11.9 Å². The highest BCUT2D eigenvalue weighted by Crippen LogP contribution is 2.22. The standard InChI is InChI=1S/C17H13Cl2NO3/c18-13-8-14(19)10-15(9-13)20-16(21)11-23-17(22)7-6-12-4-2-1-3-5-12/h1-10H,11H2,(H,20,21)/b7-6+. The number of hydrogen-bond donors (Lipinski definition) is 1. The van der Waals surface area contributed by atoms with Crippen LogP contribution in [0.2, 0.25) is 10.0 Å². The lowest BCUT2D eigenvalue weighted by atomic mass is 10.2. The van der Waals surface area contributed by atoms with Crippen molar-refractivity contribution in [2.24, 2.45) is 0 Å². The van der Waals surface area contributed by atoms with E-state index < -0.39 is 18.5 Å². The van der Waals surface area contributed by atoms with Gasteiger partial charge in [0.25, 0.3) is 5.91 Å². The lowest BCUT2D eigenvalue weighted by Gasteiger charge is -2.06. The molecule has 0 radical (unpaired) electrons. The Morgan fingerprint density at radius 3 is 2.35 bits per heavy atom. The normalized spacial score (nSPS) is 10.5. The van der Waals surface area contributed by atoms with Crippen molar-refractivity contribution in [1.82, 2.24) is 0 Å². The molecular weight excluding hydrogens is 337 g/mol. The van der Waals surface area contributed by atoms with Crippen LogP contribution < -0.4 is 5.32 Å². The summed E-state index contributed by atoms with van der Waals surface area (Å²) in [6.45, 7) is -0.401. The van der Waals surface area contributed by atoms with E-state index in [1.807, 2.05) is 30.3 Å². The number of hydrogen-bond acceptors (Lipinski definition) is 3. The number of ether oxygens (including phenoxy) is 1. The molecule has 0 saturated heterocycles. The lowest BCUT2D eigenvalue weighted by Crippen LogP contribution is -2.20. The summed E-state index contributed by atoms with van der Waals surface area (Å²) in [7, 11) is 0. The van der Waals surface area contributed by atoms with E-state index in [9.17, 15) is 9.59 Å². The first-order chi connectivity index (χ1) is 11.0. The van der Waals surface area contributed by atoms with Crippen molar-refractivity contribution in [3.05, 3.63) is 70.2 Å². The zero-order valence-electron chi connectivity index (χ0n) is 12.0. The first-order valence-electron chi connectivity index (χ1n) is 6.69. The minimum absolute atomic E-state index is 0.399. The molecule has 0 heterocycles. The van der Waals surface area contributed by atoms with E-state index in [-0.39, 0.29) is 0 Å². The van der Waals surface area contributed by atoms with Crippen LogP contribution in [-0.4, -0.2) is 18.5 Å². The Kier molecular flexibility index (Phi) is 6.20. The molecule has 6 heteroatoms. The quantitative estimate of drug-likeness (QED) is 0.650. The van der Waals surface area contributed by atoms with Gasteiger partial charge >= 0.3 is 5.97 Å². The molecule has 23 heavy (non-hydrogen) atoms. The molecule has 0 aliphatic heterocycles. The summed E-state index contributed by atoms with van der Waals surface area (Å²) in [5, 5.41) is 3.34.